The zero-order valence-electron chi connectivity index (χ0n) is 9.23. The minimum atomic E-state index is -0.789. The molecule has 0 bridgehead atoms. The van der Waals surface area contributed by atoms with Crippen molar-refractivity contribution >= 4 is 11.8 Å². The molecule has 1 atom stereocenters. The average Bonchev–Trinajstić information content (AvgIpc) is 2.25. The molecule has 0 fully saturated rings. The van der Waals surface area contributed by atoms with E-state index in [0.717, 1.165) is 0 Å². The Bertz CT molecular complexity index is 220. The molecular formula is C9H18N2O5. The fraction of sp³-hybridized carbons (Fsp3) is 0.778. The molecule has 0 rings (SSSR count). The Morgan fingerprint density at radius 1 is 1.25 bits per heavy atom. The van der Waals surface area contributed by atoms with Gasteiger partial charge in [-0.15, -0.1) is 0 Å². The highest BCUT2D eigenvalue weighted by atomic mass is 16.5. The van der Waals surface area contributed by atoms with E-state index in [4.69, 9.17) is 14.9 Å². The second-order valence-electron chi connectivity index (χ2n) is 3.15. The summed E-state index contributed by atoms with van der Waals surface area (Å²) in [4.78, 5) is 22.1. The standard InChI is InChI=1S/C9H18N2O5/c1-7(13)6-11-9(15)8(14)10-2-4-16-5-3-12/h7,12-13H,2-6H2,1H3,(H,10,14)(H,11,15). The van der Waals surface area contributed by atoms with Gasteiger partial charge in [-0.25, -0.2) is 0 Å². The van der Waals surface area contributed by atoms with E-state index in [-0.39, 0.29) is 32.9 Å². The zero-order valence-corrected chi connectivity index (χ0v) is 9.23. The fourth-order valence-corrected chi connectivity index (χ4v) is 0.804. The van der Waals surface area contributed by atoms with Crippen LogP contribution in [0, 0.1) is 0 Å². The summed E-state index contributed by atoms with van der Waals surface area (Å²) >= 11 is 0. The van der Waals surface area contributed by atoms with Gasteiger partial charge in [-0.3, -0.25) is 9.59 Å². The Labute approximate surface area is 93.8 Å². The van der Waals surface area contributed by atoms with Crippen molar-refractivity contribution in [2.45, 2.75) is 13.0 Å². The maximum absolute atomic E-state index is 11.1. The number of aliphatic hydroxyl groups excluding tert-OH is 2. The molecule has 0 heterocycles. The van der Waals surface area contributed by atoms with Crippen LogP contribution in [0.4, 0.5) is 0 Å². The van der Waals surface area contributed by atoms with Crippen molar-refractivity contribution in [1.82, 2.24) is 10.6 Å². The van der Waals surface area contributed by atoms with Gasteiger partial charge in [0.15, 0.2) is 0 Å². The van der Waals surface area contributed by atoms with Crippen molar-refractivity contribution in [1.29, 1.82) is 0 Å². The first-order valence-corrected chi connectivity index (χ1v) is 5.00. The Morgan fingerprint density at radius 3 is 2.44 bits per heavy atom. The molecule has 7 heteroatoms. The predicted molar refractivity (Wildman–Crippen MR) is 55.6 cm³/mol. The van der Waals surface area contributed by atoms with Gasteiger partial charge in [-0.2, -0.15) is 0 Å². The first-order chi connectivity index (χ1) is 7.57. The minimum Gasteiger partial charge on any atom is -0.394 e. The van der Waals surface area contributed by atoms with Crippen LogP contribution < -0.4 is 10.6 Å². The van der Waals surface area contributed by atoms with Gasteiger partial charge in [0.2, 0.25) is 0 Å². The summed E-state index contributed by atoms with van der Waals surface area (Å²) in [6, 6.07) is 0. The molecule has 0 radical (unpaired) electrons. The number of hydrogen-bond acceptors (Lipinski definition) is 5. The van der Waals surface area contributed by atoms with Crippen LogP contribution in [0.15, 0.2) is 0 Å². The highest BCUT2D eigenvalue weighted by molar-refractivity contribution is 6.35. The predicted octanol–water partition coefficient (Wildman–Crippen LogP) is -2.39. The summed E-state index contributed by atoms with van der Waals surface area (Å²) in [5.41, 5.74) is 0. The molecule has 0 aromatic rings. The van der Waals surface area contributed by atoms with Crippen molar-refractivity contribution in [3.63, 3.8) is 0 Å². The van der Waals surface area contributed by atoms with Gasteiger partial charge in [0.25, 0.3) is 0 Å². The van der Waals surface area contributed by atoms with Gasteiger partial charge < -0.3 is 25.6 Å². The second-order valence-corrected chi connectivity index (χ2v) is 3.15. The van der Waals surface area contributed by atoms with Crippen molar-refractivity contribution < 1.29 is 24.5 Å². The summed E-state index contributed by atoms with van der Waals surface area (Å²) in [5.74, 6) is -1.56. The summed E-state index contributed by atoms with van der Waals surface area (Å²) in [6.45, 7) is 2.08. The first-order valence-electron chi connectivity index (χ1n) is 5.00. The normalized spacial score (nSPS) is 11.9. The van der Waals surface area contributed by atoms with E-state index in [9.17, 15) is 9.59 Å². The zero-order chi connectivity index (χ0) is 12.4. The number of ether oxygens (including phenoxy) is 1. The third kappa shape index (κ3) is 8.16. The molecule has 4 N–H and O–H groups in total. The number of carbonyl (C=O) groups is 2. The van der Waals surface area contributed by atoms with Gasteiger partial charge in [0.1, 0.15) is 0 Å². The van der Waals surface area contributed by atoms with Crippen LogP contribution in [0.25, 0.3) is 0 Å². The summed E-state index contributed by atoms with van der Waals surface area (Å²) in [5, 5.41) is 21.8. The minimum absolute atomic E-state index is 0.0350. The number of aliphatic hydroxyl groups is 2. The molecule has 0 spiro atoms. The molecule has 0 aromatic carbocycles. The Kier molecular flexibility index (Phi) is 8.41. The van der Waals surface area contributed by atoms with Crippen molar-refractivity contribution in [3.05, 3.63) is 0 Å². The summed E-state index contributed by atoms with van der Waals surface area (Å²) in [6.07, 6.45) is -0.690. The van der Waals surface area contributed by atoms with Gasteiger partial charge in [0.05, 0.1) is 25.9 Å². The molecule has 0 aromatic heterocycles. The molecule has 0 aliphatic heterocycles. The first kappa shape index (κ1) is 14.8. The van der Waals surface area contributed by atoms with Crippen molar-refractivity contribution in [2.75, 3.05) is 32.9 Å². The van der Waals surface area contributed by atoms with E-state index in [2.05, 4.69) is 10.6 Å². The molecule has 0 saturated carbocycles. The van der Waals surface area contributed by atoms with Gasteiger partial charge in [-0.05, 0) is 6.92 Å². The lowest BCUT2D eigenvalue weighted by Crippen LogP contribution is -2.43. The lowest BCUT2D eigenvalue weighted by atomic mass is 10.4. The van der Waals surface area contributed by atoms with Gasteiger partial charge in [-0.1, -0.05) is 0 Å². The van der Waals surface area contributed by atoms with Crippen molar-refractivity contribution in [2.24, 2.45) is 0 Å². The number of rotatable bonds is 7. The van der Waals surface area contributed by atoms with E-state index >= 15 is 0 Å². The Hall–Kier alpha value is -1.18. The van der Waals surface area contributed by atoms with Crippen LogP contribution in [0.5, 0.6) is 0 Å². The number of amides is 2. The SMILES string of the molecule is CC(O)CNC(=O)C(=O)NCCOCCO. The van der Waals surface area contributed by atoms with Crippen LogP contribution in [0.2, 0.25) is 0 Å². The van der Waals surface area contributed by atoms with Crippen LogP contribution in [0.3, 0.4) is 0 Å². The smallest absolute Gasteiger partial charge is 0.309 e. The summed E-state index contributed by atoms with van der Waals surface area (Å²) in [7, 11) is 0. The average molecular weight is 234 g/mol. The molecule has 1 unspecified atom stereocenters. The third-order valence-electron chi connectivity index (χ3n) is 1.53. The number of nitrogens with one attached hydrogen (secondary N) is 2. The third-order valence-corrected chi connectivity index (χ3v) is 1.53. The molecular weight excluding hydrogens is 216 g/mol. The molecule has 0 aliphatic carbocycles. The molecule has 7 nitrogen and oxygen atoms in total. The largest absolute Gasteiger partial charge is 0.394 e. The van der Waals surface area contributed by atoms with E-state index in [1.165, 1.54) is 6.92 Å². The molecule has 2 amide bonds. The van der Waals surface area contributed by atoms with Gasteiger partial charge >= 0.3 is 11.8 Å². The quantitative estimate of drug-likeness (QED) is 0.290. The van der Waals surface area contributed by atoms with E-state index < -0.39 is 17.9 Å². The van der Waals surface area contributed by atoms with Crippen LogP contribution in [-0.4, -0.2) is 61.0 Å². The lowest BCUT2D eigenvalue weighted by Gasteiger charge is -2.07. The highest BCUT2D eigenvalue weighted by Gasteiger charge is 2.12. The van der Waals surface area contributed by atoms with E-state index in [0.29, 0.717) is 0 Å². The van der Waals surface area contributed by atoms with E-state index in [1.54, 1.807) is 0 Å². The Balaban J connectivity index is 3.52. The maximum Gasteiger partial charge on any atom is 0.309 e. The Morgan fingerprint density at radius 2 is 1.88 bits per heavy atom. The number of hydrogen-bond donors (Lipinski definition) is 4. The fourth-order valence-electron chi connectivity index (χ4n) is 0.804. The summed E-state index contributed by atoms with van der Waals surface area (Å²) < 4.78 is 4.87. The lowest BCUT2D eigenvalue weighted by molar-refractivity contribution is -0.139. The molecule has 94 valence electrons. The van der Waals surface area contributed by atoms with Crippen LogP contribution >= 0.6 is 0 Å². The van der Waals surface area contributed by atoms with Crippen LogP contribution in [-0.2, 0) is 14.3 Å². The maximum atomic E-state index is 11.1. The van der Waals surface area contributed by atoms with Crippen molar-refractivity contribution in [3.8, 4) is 0 Å². The highest BCUT2D eigenvalue weighted by Crippen LogP contribution is 1.77. The van der Waals surface area contributed by atoms with E-state index in [1.807, 2.05) is 0 Å². The molecule has 16 heavy (non-hydrogen) atoms. The van der Waals surface area contributed by atoms with Crippen LogP contribution in [0.1, 0.15) is 6.92 Å². The molecule has 0 aliphatic rings. The second kappa shape index (κ2) is 9.08. The monoisotopic (exact) mass is 234 g/mol. The molecule has 0 saturated heterocycles. The number of carbonyl (C=O) groups excluding carboxylic acids is 2. The topological polar surface area (TPSA) is 108 Å². The van der Waals surface area contributed by atoms with Gasteiger partial charge in [0, 0.05) is 13.1 Å².